The first-order valence-corrected chi connectivity index (χ1v) is 6.14. The molecule has 3 heterocycles. The molecule has 0 unspecified atom stereocenters. The van der Waals surface area contributed by atoms with Gasteiger partial charge in [0.1, 0.15) is 11.4 Å². The summed E-state index contributed by atoms with van der Waals surface area (Å²) in [6.45, 7) is 1.87. The lowest BCUT2D eigenvalue weighted by Gasteiger charge is -2.07. The quantitative estimate of drug-likeness (QED) is 0.756. The number of H-pyrrole nitrogens is 1. The van der Waals surface area contributed by atoms with Gasteiger partial charge >= 0.3 is 0 Å². The number of hydrogen-bond acceptors (Lipinski definition) is 3. The minimum atomic E-state index is -0.242. The maximum atomic E-state index is 12.3. The molecule has 3 aromatic heterocycles. The zero-order valence-corrected chi connectivity index (χ0v) is 11.2. The molecule has 0 spiro atoms. The van der Waals surface area contributed by atoms with Gasteiger partial charge in [0.2, 0.25) is 0 Å². The van der Waals surface area contributed by atoms with Crippen LogP contribution in [0.3, 0.4) is 0 Å². The van der Waals surface area contributed by atoms with E-state index in [1.807, 2.05) is 36.0 Å². The molecule has 2 N–H and O–H groups in total. The Morgan fingerprint density at radius 3 is 2.75 bits per heavy atom. The van der Waals surface area contributed by atoms with Crippen LogP contribution in [0.4, 0.5) is 5.82 Å². The van der Waals surface area contributed by atoms with Gasteiger partial charge < -0.3 is 9.88 Å². The minimum absolute atomic E-state index is 0.242. The summed E-state index contributed by atoms with van der Waals surface area (Å²) in [4.78, 5) is 12.3. The fraction of sp³-hybridized carbons (Fsp3) is 0.154. The number of rotatable bonds is 3. The molecule has 3 aromatic rings. The Hall–Kier alpha value is -2.83. The van der Waals surface area contributed by atoms with Gasteiger partial charge in [0, 0.05) is 31.2 Å². The van der Waals surface area contributed by atoms with Crippen molar-refractivity contribution in [1.82, 2.24) is 24.5 Å². The number of nitrogens with one attached hydrogen (secondary N) is 2. The molecule has 1 amide bonds. The van der Waals surface area contributed by atoms with E-state index in [1.54, 1.807) is 24.0 Å². The third-order valence-corrected chi connectivity index (χ3v) is 2.95. The summed E-state index contributed by atoms with van der Waals surface area (Å²) in [7, 11) is 1.80. The van der Waals surface area contributed by atoms with E-state index in [9.17, 15) is 4.79 Å². The van der Waals surface area contributed by atoms with Crippen LogP contribution < -0.4 is 5.32 Å². The number of hydrogen-bond donors (Lipinski definition) is 2. The van der Waals surface area contributed by atoms with Crippen molar-refractivity contribution in [3.63, 3.8) is 0 Å². The predicted molar refractivity (Wildman–Crippen MR) is 73.8 cm³/mol. The number of carbonyl (C=O) groups is 1. The van der Waals surface area contributed by atoms with Crippen LogP contribution in [0, 0.1) is 6.92 Å². The Morgan fingerprint density at radius 1 is 1.35 bits per heavy atom. The second kappa shape index (κ2) is 4.69. The molecule has 0 aliphatic rings. The standard InChI is InChI=1S/C13H14N6O/c1-9-7-11(17-16-9)15-12(20)10-8-14-18(2)13(10)19-5-3-4-6-19/h3-8H,1-2H3,(H2,15,16,17,20). The first kappa shape index (κ1) is 12.2. The second-order valence-electron chi connectivity index (χ2n) is 4.49. The number of carbonyl (C=O) groups excluding carboxylic acids is 1. The number of aromatic amines is 1. The monoisotopic (exact) mass is 270 g/mol. The van der Waals surface area contributed by atoms with Crippen LogP contribution in [0.2, 0.25) is 0 Å². The van der Waals surface area contributed by atoms with Crippen LogP contribution in [-0.2, 0) is 7.05 Å². The van der Waals surface area contributed by atoms with Crippen molar-refractivity contribution in [2.75, 3.05) is 5.32 Å². The van der Waals surface area contributed by atoms with Gasteiger partial charge in [-0.15, -0.1) is 0 Å². The van der Waals surface area contributed by atoms with Crippen LogP contribution in [0.15, 0.2) is 36.8 Å². The van der Waals surface area contributed by atoms with E-state index < -0.39 is 0 Å². The lowest BCUT2D eigenvalue weighted by molar-refractivity contribution is 0.102. The van der Waals surface area contributed by atoms with Crippen LogP contribution in [0.1, 0.15) is 16.1 Å². The van der Waals surface area contributed by atoms with Crippen molar-refractivity contribution < 1.29 is 4.79 Å². The molecule has 0 saturated heterocycles. The molecule has 0 fully saturated rings. The highest BCUT2D eigenvalue weighted by atomic mass is 16.1. The molecular formula is C13H14N6O. The lowest BCUT2D eigenvalue weighted by atomic mass is 10.3. The Kier molecular flexibility index (Phi) is 2.86. The van der Waals surface area contributed by atoms with Crippen molar-refractivity contribution in [2.45, 2.75) is 6.92 Å². The van der Waals surface area contributed by atoms with Crippen LogP contribution in [0.5, 0.6) is 0 Å². The summed E-state index contributed by atoms with van der Waals surface area (Å²) in [5.41, 5.74) is 1.38. The smallest absolute Gasteiger partial charge is 0.262 e. The zero-order chi connectivity index (χ0) is 14.1. The highest BCUT2D eigenvalue weighted by Crippen LogP contribution is 2.15. The van der Waals surface area contributed by atoms with E-state index >= 15 is 0 Å². The van der Waals surface area contributed by atoms with Gasteiger partial charge in [0.15, 0.2) is 5.82 Å². The van der Waals surface area contributed by atoms with E-state index in [2.05, 4.69) is 20.6 Å². The van der Waals surface area contributed by atoms with E-state index in [-0.39, 0.29) is 5.91 Å². The topological polar surface area (TPSA) is 80.5 Å². The first-order valence-electron chi connectivity index (χ1n) is 6.14. The molecule has 0 atom stereocenters. The fourth-order valence-corrected chi connectivity index (χ4v) is 2.04. The summed E-state index contributed by atoms with van der Waals surface area (Å²) in [5, 5.41) is 13.7. The number of nitrogens with zero attached hydrogens (tertiary/aromatic N) is 4. The molecule has 7 nitrogen and oxygen atoms in total. The Balaban J connectivity index is 1.93. The molecule has 0 aromatic carbocycles. The average molecular weight is 270 g/mol. The Labute approximate surface area is 115 Å². The SMILES string of the molecule is Cc1cc(NC(=O)c2cnn(C)c2-n2cccc2)n[nH]1. The zero-order valence-electron chi connectivity index (χ0n) is 11.2. The molecule has 0 bridgehead atoms. The molecule has 3 rings (SSSR count). The molecular weight excluding hydrogens is 256 g/mol. The summed E-state index contributed by atoms with van der Waals surface area (Å²) in [6.07, 6.45) is 5.28. The average Bonchev–Trinajstić information content (AvgIpc) is 3.10. The maximum absolute atomic E-state index is 12.3. The second-order valence-corrected chi connectivity index (χ2v) is 4.49. The van der Waals surface area contributed by atoms with Gasteiger partial charge in [0.25, 0.3) is 5.91 Å². The third kappa shape index (κ3) is 2.09. The van der Waals surface area contributed by atoms with Gasteiger partial charge in [-0.1, -0.05) is 0 Å². The van der Waals surface area contributed by atoms with Crippen molar-refractivity contribution in [3.05, 3.63) is 48.0 Å². The van der Waals surface area contributed by atoms with Crippen molar-refractivity contribution in [1.29, 1.82) is 0 Å². The summed E-state index contributed by atoms with van der Waals surface area (Å²) >= 11 is 0. The molecule has 7 heteroatoms. The lowest BCUT2D eigenvalue weighted by Crippen LogP contribution is -2.15. The van der Waals surface area contributed by atoms with Gasteiger partial charge in [-0.2, -0.15) is 10.2 Å². The summed E-state index contributed by atoms with van der Waals surface area (Å²) in [6, 6.07) is 5.56. The molecule has 0 aliphatic heterocycles. The molecule has 0 saturated carbocycles. The third-order valence-electron chi connectivity index (χ3n) is 2.95. The largest absolute Gasteiger partial charge is 0.308 e. The molecule has 102 valence electrons. The Morgan fingerprint density at radius 2 is 2.10 bits per heavy atom. The number of anilines is 1. The first-order chi connectivity index (χ1) is 9.65. The van der Waals surface area contributed by atoms with Gasteiger partial charge in [-0.25, -0.2) is 0 Å². The van der Waals surface area contributed by atoms with E-state index in [1.165, 1.54) is 0 Å². The van der Waals surface area contributed by atoms with Crippen molar-refractivity contribution in [3.8, 4) is 5.82 Å². The summed E-state index contributed by atoms with van der Waals surface area (Å²) in [5.74, 6) is 0.961. The molecule has 20 heavy (non-hydrogen) atoms. The Bertz CT molecular complexity index is 737. The minimum Gasteiger partial charge on any atom is -0.308 e. The normalized spacial score (nSPS) is 10.7. The van der Waals surface area contributed by atoms with Gasteiger partial charge in [-0.3, -0.25) is 14.6 Å². The van der Waals surface area contributed by atoms with E-state index in [0.717, 1.165) is 5.69 Å². The summed E-state index contributed by atoms with van der Waals surface area (Å²) < 4.78 is 3.50. The molecule has 0 radical (unpaired) electrons. The van der Waals surface area contributed by atoms with Gasteiger partial charge in [0.05, 0.1) is 6.20 Å². The predicted octanol–water partition coefficient (Wildman–Crippen LogP) is 1.49. The van der Waals surface area contributed by atoms with Crippen molar-refractivity contribution in [2.24, 2.45) is 7.05 Å². The highest BCUT2D eigenvalue weighted by Gasteiger charge is 2.18. The number of aromatic nitrogens is 5. The van der Waals surface area contributed by atoms with Crippen LogP contribution in [0.25, 0.3) is 5.82 Å². The van der Waals surface area contributed by atoms with E-state index in [4.69, 9.17) is 0 Å². The highest BCUT2D eigenvalue weighted by molar-refractivity contribution is 6.05. The fourth-order valence-electron chi connectivity index (χ4n) is 2.04. The van der Waals surface area contributed by atoms with Crippen molar-refractivity contribution >= 4 is 11.7 Å². The maximum Gasteiger partial charge on any atom is 0.262 e. The van der Waals surface area contributed by atoms with Crippen LogP contribution >= 0.6 is 0 Å². The number of aryl methyl sites for hydroxylation is 2. The van der Waals surface area contributed by atoms with Crippen LogP contribution in [-0.4, -0.2) is 30.5 Å². The van der Waals surface area contributed by atoms with Gasteiger partial charge in [-0.05, 0) is 19.1 Å². The number of amides is 1. The molecule has 0 aliphatic carbocycles. The van der Waals surface area contributed by atoms with E-state index in [0.29, 0.717) is 17.2 Å².